The number of carbonyl (C=O) groups excluding carboxylic acids is 1. The van der Waals surface area contributed by atoms with Crippen LogP contribution in [0.1, 0.15) is 17.3 Å². The number of methoxy groups -OCH3 is 1. The van der Waals surface area contributed by atoms with Crippen LogP contribution in [0.3, 0.4) is 0 Å². The summed E-state index contributed by atoms with van der Waals surface area (Å²) in [5.74, 6) is 1.79. The molecule has 1 unspecified atom stereocenters. The molecule has 180 valence electrons. The average Bonchev–Trinajstić information content (AvgIpc) is 3.32. The molecule has 0 amide bonds. The first kappa shape index (κ1) is 23.8. The van der Waals surface area contributed by atoms with Crippen LogP contribution in [-0.4, -0.2) is 48.0 Å². The largest absolute Gasteiger partial charge is 0.497 e. The lowest BCUT2D eigenvalue weighted by Crippen LogP contribution is -2.31. The third-order valence-electron chi connectivity index (χ3n) is 5.47. The molecule has 0 spiro atoms. The van der Waals surface area contributed by atoms with Gasteiger partial charge in [-0.3, -0.25) is 4.79 Å². The predicted molar refractivity (Wildman–Crippen MR) is 137 cm³/mol. The Kier molecular flexibility index (Phi) is 7.30. The number of para-hydroxylation sites is 1. The number of hydrogen-bond donors (Lipinski definition) is 1. The summed E-state index contributed by atoms with van der Waals surface area (Å²) in [5, 5.41) is 7.78. The quantitative estimate of drug-likeness (QED) is 0.378. The molecule has 1 aromatic heterocycles. The molecule has 0 fully saturated rings. The van der Waals surface area contributed by atoms with Crippen molar-refractivity contribution in [2.45, 2.75) is 19.6 Å². The Balaban J connectivity index is 1.59. The second kappa shape index (κ2) is 10.7. The number of ether oxygens (including phenoxy) is 2. The maximum Gasteiger partial charge on any atom is 0.290 e. The van der Waals surface area contributed by atoms with Gasteiger partial charge in [0.1, 0.15) is 11.5 Å². The van der Waals surface area contributed by atoms with Crippen molar-refractivity contribution in [3.8, 4) is 22.9 Å². The van der Waals surface area contributed by atoms with Crippen LogP contribution in [-0.2, 0) is 6.54 Å². The van der Waals surface area contributed by atoms with Gasteiger partial charge in [0.15, 0.2) is 11.9 Å². The standard InChI is InChI=1S/C27H29N5O3/c1-19(35-24-8-6-5-7-9-24)26(33)32-27(28-18-20-10-14-22(15-11-20)31(2)3)29-25(30-32)21-12-16-23(34-4)17-13-21/h5-17,19H,18H2,1-4H3,(H,28,29,30). The number of aromatic nitrogens is 3. The second-order valence-electron chi connectivity index (χ2n) is 8.23. The van der Waals surface area contributed by atoms with Crippen LogP contribution in [0.4, 0.5) is 11.6 Å². The highest BCUT2D eigenvalue weighted by Gasteiger charge is 2.23. The molecule has 8 nitrogen and oxygen atoms in total. The molecule has 0 saturated carbocycles. The molecule has 1 atom stereocenters. The highest BCUT2D eigenvalue weighted by atomic mass is 16.5. The molecule has 0 aliphatic rings. The van der Waals surface area contributed by atoms with Crippen molar-refractivity contribution in [2.24, 2.45) is 0 Å². The number of nitrogens with zero attached hydrogens (tertiary/aromatic N) is 4. The Hall–Kier alpha value is -4.33. The third kappa shape index (κ3) is 5.78. The molecule has 4 rings (SSSR count). The van der Waals surface area contributed by atoms with Gasteiger partial charge in [0.25, 0.3) is 5.91 Å². The van der Waals surface area contributed by atoms with Gasteiger partial charge in [0.05, 0.1) is 7.11 Å². The van der Waals surface area contributed by atoms with Crippen molar-refractivity contribution in [1.82, 2.24) is 14.8 Å². The van der Waals surface area contributed by atoms with Gasteiger partial charge >= 0.3 is 0 Å². The normalized spacial score (nSPS) is 11.5. The van der Waals surface area contributed by atoms with E-state index in [2.05, 4.69) is 15.4 Å². The highest BCUT2D eigenvalue weighted by Crippen LogP contribution is 2.23. The van der Waals surface area contributed by atoms with E-state index in [1.165, 1.54) is 4.68 Å². The van der Waals surface area contributed by atoms with Crippen molar-refractivity contribution in [1.29, 1.82) is 0 Å². The third-order valence-corrected chi connectivity index (χ3v) is 5.47. The number of hydrogen-bond acceptors (Lipinski definition) is 7. The summed E-state index contributed by atoms with van der Waals surface area (Å²) in [4.78, 5) is 20.0. The first-order valence-corrected chi connectivity index (χ1v) is 11.3. The van der Waals surface area contributed by atoms with Crippen LogP contribution in [0.25, 0.3) is 11.4 Å². The Bertz CT molecular complexity index is 1250. The van der Waals surface area contributed by atoms with E-state index in [0.29, 0.717) is 24.1 Å². The fourth-order valence-corrected chi connectivity index (χ4v) is 3.46. The maximum atomic E-state index is 13.3. The number of rotatable bonds is 9. The van der Waals surface area contributed by atoms with Gasteiger partial charge in [-0.1, -0.05) is 30.3 Å². The minimum absolute atomic E-state index is 0.327. The maximum absolute atomic E-state index is 13.3. The van der Waals surface area contributed by atoms with E-state index in [-0.39, 0.29) is 5.91 Å². The molecule has 1 heterocycles. The lowest BCUT2D eigenvalue weighted by atomic mass is 10.2. The Morgan fingerprint density at radius 1 is 0.971 bits per heavy atom. The van der Waals surface area contributed by atoms with Crippen LogP contribution in [0, 0.1) is 0 Å². The first-order chi connectivity index (χ1) is 16.9. The summed E-state index contributed by atoms with van der Waals surface area (Å²) in [6, 6.07) is 24.8. The van der Waals surface area contributed by atoms with Crippen molar-refractivity contribution in [3.05, 3.63) is 84.4 Å². The smallest absolute Gasteiger partial charge is 0.290 e. The summed E-state index contributed by atoms with van der Waals surface area (Å²) >= 11 is 0. The lowest BCUT2D eigenvalue weighted by Gasteiger charge is -2.15. The van der Waals surface area contributed by atoms with Crippen LogP contribution >= 0.6 is 0 Å². The van der Waals surface area contributed by atoms with Crippen molar-refractivity contribution < 1.29 is 14.3 Å². The number of benzene rings is 3. The van der Waals surface area contributed by atoms with Crippen LogP contribution < -0.4 is 19.7 Å². The van der Waals surface area contributed by atoms with Crippen LogP contribution in [0.15, 0.2) is 78.9 Å². The summed E-state index contributed by atoms with van der Waals surface area (Å²) in [5.41, 5.74) is 2.94. The molecule has 0 aliphatic heterocycles. The number of anilines is 2. The molecule has 3 aromatic carbocycles. The minimum atomic E-state index is -0.761. The average molecular weight is 472 g/mol. The van der Waals surface area contributed by atoms with E-state index in [0.717, 1.165) is 22.6 Å². The molecule has 0 saturated heterocycles. The predicted octanol–water partition coefficient (Wildman–Crippen LogP) is 4.74. The van der Waals surface area contributed by atoms with Gasteiger partial charge in [-0.05, 0) is 61.0 Å². The van der Waals surface area contributed by atoms with Gasteiger partial charge in [0, 0.05) is 31.9 Å². The first-order valence-electron chi connectivity index (χ1n) is 11.3. The summed E-state index contributed by atoms with van der Waals surface area (Å²) < 4.78 is 12.4. The zero-order chi connectivity index (χ0) is 24.8. The van der Waals surface area contributed by atoms with E-state index < -0.39 is 6.10 Å². The van der Waals surface area contributed by atoms with Gasteiger partial charge in [-0.25, -0.2) is 0 Å². The Morgan fingerprint density at radius 3 is 2.29 bits per heavy atom. The zero-order valence-corrected chi connectivity index (χ0v) is 20.3. The van der Waals surface area contributed by atoms with Crippen molar-refractivity contribution in [3.63, 3.8) is 0 Å². The van der Waals surface area contributed by atoms with E-state index in [1.54, 1.807) is 14.0 Å². The van der Waals surface area contributed by atoms with Crippen LogP contribution in [0.2, 0.25) is 0 Å². The Morgan fingerprint density at radius 2 is 1.66 bits per heavy atom. The van der Waals surface area contributed by atoms with E-state index >= 15 is 0 Å². The topological polar surface area (TPSA) is 81.5 Å². The van der Waals surface area contributed by atoms with Crippen LogP contribution in [0.5, 0.6) is 11.5 Å². The molecular formula is C27H29N5O3. The Labute approximate surface area is 205 Å². The zero-order valence-electron chi connectivity index (χ0n) is 20.3. The van der Waals surface area contributed by atoms with Gasteiger partial charge < -0.3 is 19.7 Å². The molecule has 4 aromatic rings. The molecule has 35 heavy (non-hydrogen) atoms. The number of nitrogens with one attached hydrogen (secondary N) is 1. The van der Waals surface area contributed by atoms with E-state index in [4.69, 9.17) is 9.47 Å². The highest BCUT2D eigenvalue weighted by molar-refractivity contribution is 5.85. The molecule has 8 heteroatoms. The summed E-state index contributed by atoms with van der Waals surface area (Å²) in [6.45, 7) is 2.18. The second-order valence-corrected chi connectivity index (χ2v) is 8.23. The van der Waals surface area contributed by atoms with Gasteiger partial charge in [-0.2, -0.15) is 9.67 Å². The van der Waals surface area contributed by atoms with Crippen molar-refractivity contribution in [2.75, 3.05) is 31.4 Å². The molecule has 0 aliphatic carbocycles. The molecule has 0 bridgehead atoms. The molecule has 0 radical (unpaired) electrons. The monoisotopic (exact) mass is 471 g/mol. The van der Waals surface area contributed by atoms with E-state index in [9.17, 15) is 4.79 Å². The minimum Gasteiger partial charge on any atom is -0.497 e. The van der Waals surface area contributed by atoms with Crippen molar-refractivity contribution >= 4 is 17.5 Å². The van der Waals surface area contributed by atoms with E-state index in [1.807, 2.05) is 97.9 Å². The SMILES string of the molecule is COc1ccc(-c2nc(NCc3ccc(N(C)C)cc3)n(C(=O)C(C)Oc3ccccc3)n2)cc1. The summed E-state index contributed by atoms with van der Waals surface area (Å²) in [6.07, 6.45) is -0.761. The van der Waals surface area contributed by atoms with Gasteiger partial charge in [-0.15, -0.1) is 5.10 Å². The molecule has 1 N–H and O–H groups in total. The lowest BCUT2D eigenvalue weighted by molar-refractivity contribution is 0.0713. The fraction of sp³-hybridized carbons (Fsp3) is 0.222. The molecular weight excluding hydrogens is 442 g/mol. The number of carbonyl (C=O) groups is 1. The fourth-order valence-electron chi connectivity index (χ4n) is 3.46. The van der Waals surface area contributed by atoms with Gasteiger partial charge in [0.2, 0.25) is 5.95 Å². The summed E-state index contributed by atoms with van der Waals surface area (Å²) in [7, 11) is 5.61.